The second-order valence-corrected chi connectivity index (χ2v) is 4.71. The maximum absolute atomic E-state index is 11.5. The summed E-state index contributed by atoms with van der Waals surface area (Å²) in [5.74, 6) is 1.66. The third-order valence-corrected chi connectivity index (χ3v) is 3.41. The highest BCUT2D eigenvalue weighted by Gasteiger charge is 2.26. The lowest BCUT2D eigenvalue weighted by atomic mass is 10.1. The van der Waals surface area contributed by atoms with Crippen molar-refractivity contribution in [1.82, 2.24) is 10.2 Å². The molecule has 1 heterocycles. The molecule has 0 aliphatic carbocycles. The Morgan fingerprint density at radius 1 is 1.37 bits per heavy atom. The van der Waals surface area contributed by atoms with Crippen molar-refractivity contribution in [1.29, 1.82) is 0 Å². The van der Waals surface area contributed by atoms with Crippen molar-refractivity contribution in [3.8, 4) is 11.5 Å². The van der Waals surface area contributed by atoms with Crippen LogP contribution in [0.15, 0.2) is 18.2 Å². The van der Waals surface area contributed by atoms with E-state index in [4.69, 9.17) is 9.47 Å². The highest BCUT2D eigenvalue weighted by molar-refractivity contribution is 5.78. The Hall–Kier alpha value is -1.75. The van der Waals surface area contributed by atoms with Crippen LogP contribution >= 0.6 is 0 Å². The zero-order valence-electron chi connectivity index (χ0n) is 11.6. The number of carbonyl (C=O) groups is 1. The minimum absolute atomic E-state index is 0.190. The Labute approximate surface area is 113 Å². The normalized spacial score (nSPS) is 18.8. The zero-order valence-corrected chi connectivity index (χ0v) is 11.6. The van der Waals surface area contributed by atoms with Crippen LogP contribution in [0.3, 0.4) is 0 Å². The highest BCUT2D eigenvalue weighted by Crippen LogP contribution is 2.30. The minimum atomic E-state index is 0.190. The van der Waals surface area contributed by atoms with Gasteiger partial charge in [0.05, 0.1) is 14.2 Å². The van der Waals surface area contributed by atoms with Gasteiger partial charge in [-0.1, -0.05) is 12.1 Å². The molecule has 104 valence electrons. The third-order valence-electron chi connectivity index (χ3n) is 3.41. The number of benzene rings is 1. The van der Waals surface area contributed by atoms with Crippen molar-refractivity contribution in [2.24, 2.45) is 0 Å². The van der Waals surface area contributed by atoms with E-state index in [1.165, 1.54) is 0 Å². The summed E-state index contributed by atoms with van der Waals surface area (Å²) in [6, 6.07) is 6.00. The Balaban J connectivity index is 2.02. The van der Waals surface area contributed by atoms with Gasteiger partial charge in [0.25, 0.3) is 0 Å². The van der Waals surface area contributed by atoms with Crippen LogP contribution in [0.2, 0.25) is 0 Å². The Morgan fingerprint density at radius 2 is 2.16 bits per heavy atom. The lowest BCUT2D eigenvalue weighted by molar-refractivity contribution is -0.126. The monoisotopic (exact) mass is 264 g/mol. The van der Waals surface area contributed by atoms with E-state index in [-0.39, 0.29) is 11.9 Å². The maximum atomic E-state index is 11.5. The summed E-state index contributed by atoms with van der Waals surface area (Å²) >= 11 is 0. The fourth-order valence-electron chi connectivity index (χ4n) is 2.35. The molecule has 0 radical (unpaired) electrons. The van der Waals surface area contributed by atoms with Gasteiger partial charge >= 0.3 is 0 Å². The zero-order chi connectivity index (χ0) is 13.8. The Kier molecular flexibility index (Phi) is 4.27. The van der Waals surface area contributed by atoms with Gasteiger partial charge in [-0.15, -0.1) is 0 Å². The fraction of sp³-hybridized carbons (Fsp3) is 0.500. The van der Waals surface area contributed by atoms with Crippen LogP contribution in [0.5, 0.6) is 11.5 Å². The topological polar surface area (TPSA) is 50.8 Å². The molecule has 1 saturated heterocycles. The molecule has 1 aliphatic heterocycles. The number of hydrogen-bond acceptors (Lipinski definition) is 4. The van der Waals surface area contributed by atoms with Gasteiger partial charge in [-0.25, -0.2) is 0 Å². The van der Waals surface area contributed by atoms with Crippen molar-refractivity contribution >= 4 is 5.91 Å². The fourth-order valence-corrected chi connectivity index (χ4v) is 2.35. The van der Waals surface area contributed by atoms with Gasteiger partial charge in [-0.2, -0.15) is 0 Å². The number of likely N-dealkylation sites (tertiary alicyclic amines) is 1. The molecule has 1 aromatic rings. The van der Waals surface area contributed by atoms with E-state index < -0.39 is 0 Å². The van der Waals surface area contributed by atoms with Crippen LogP contribution in [-0.2, 0) is 11.3 Å². The molecule has 0 bridgehead atoms. The van der Waals surface area contributed by atoms with E-state index in [1.807, 2.05) is 25.2 Å². The molecule has 1 aliphatic rings. The average molecular weight is 264 g/mol. The van der Waals surface area contributed by atoms with Crippen LogP contribution in [0.25, 0.3) is 0 Å². The molecular formula is C14H20N2O3. The van der Waals surface area contributed by atoms with Crippen LogP contribution in [0, 0.1) is 0 Å². The number of likely N-dealkylation sites (N-methyl/N-ethyl adjacent to an activating group) is 1. The molecule has 1 unspecified atom stereocenters. The van der Waals surface area contributed by atoms with Crippen molar-refractivity contribution in [3.05, 3.63) is 23.8 Å². The van der Waals surface area contributed by atoms with Gasteiger partial charge in [-0.05, 0) is 6.07 Å². The van der Waals surface area contributed by atoms with E-state index in [9.17, 15) is 4.79 Å². The van der Waals surface area contributed by atoms with Gasteiger partial charge in [0.1, 0.15) is 0 Å². The predicted molar refractivity (Wildman–Crippen MR) is 72.4 cm³/mol. The van der Waals surface area contributed by atoms with Gasteiger partial charge in [-0.3, -0.25) is 4.79 Å². The second-order valence-electron chi connectivity index (χ2n) is 4.71. The molecule has 1 N–H and O–H groups in total. The number of ether oxygens (including phenoxy) is 2. The molecule has 5 nitrogen and oxygen atoms in total. The lowest BCUT2D eigenvalue weighted by Gasteiger charge is -2.16. The molecule has 19 heavy (non-hydrogen) atoms. The van der Waals surface area contributed by atoms with Crippen LogP contribution in [0.4, 0.5) is 0 Å². The first-order chi connectivity index (χ1) is 9.15. The van der Waals surface area contributed by atoms with Gasteiger partial charge < -0.3 is 19.7 Å². The van der Waals surface area contributed by atoms with Crippen LogP contribution in [0.1, 0.15) is 12.0 Å². The molecule has 0 saturated carbocycles. The molecule has 1 aromatic carbocycles. The Bertz CT molecular complexity index is 462. The van der Waals surface area contributed by atoms with Crippen LogP contribution < -0.4 is 14.8 Å². The van der Waals surface area contributed by atoms with Gasteiger partial charge in [0.2, 0.25) is 5.91 Å². The summed E-state index contributed by atoms with van der Waals surface area (Å²) < 4.78 is 10.7. The van der Waals surface area contributed by atoms with E-state index in [0.717, 1.165) is 23.6 Å². The summed E-state index contributed by atoms with van der Waals surface area (Å²) in [5, 5.41) is 3.39. The van der Waals surface area contributed by atoms with E-state index >= 15 is 0 Å². The average Bonchev–Trinajstić information content (AvgIpc) is 2.74. The van der Waals surface area contributed by atoms with Crippen molar-refractivity contribution in [3.63, 3.8) is 0 Å². The molecule has 1 atom stereocenters. The number of hydrogen-bond donors (Lipinski definition) is 1. The number of carbonyl (C=O) groups excluding carboxylic acids is 1. The van der Waals surface area contributed by atoms with Crippen molar-refractivity contribution in [2.45, 2.75) is 19.0 Å². The Morgan fingerprint density at radius 3 is 2.74 bits per heavy atom. The van der Waals surface area contributed by atoms with Crippen LogP contribution in [-0.4, -0.2) is 44.7 Å². The number of para-hydroxylation sites is 1. The molecule has 2 rings (SSSR count). The second kappa shape index (κ2) is 5.93. The standard InChI is InChI=1S/C14H20N2O3/c1-16-9-11(7-13(16)17)15-8-10-5-4-6-12(18-2)14(10)19-3/h4-6,11,15H,7-9H2,1-3H3. The third kappa shape index (κ3) is 2.98. The van der Waals surface area contributed by atoms with E-state index in [2.05, 4.69) is 5.32 Å². The number of nitrogens with one attached hydrogen (secondary N) is 1. The summed E-state index contributed by atoms with van der Waals surface area (Å²) in [5.41, 5.74) is 1.03. The van der Waals surface area contributed by atoms with E-state index in [0.29, 0.717) is 13.0 Å². The first kappa shape index (κ1) is 13.7. The largest absolute Gasteiger partial charge is 0.493 e. The number of rotatable bonds is 5. The molecule has 0 spiro atoms. The summed E-state index contributed by atoms with van der Waals surface area (Å²) in [4.78, 5) is 13.2. The molecule has 1 fully saturated rings. The highest BCUT2D eigenvalue weighted by atomic mass is 16.5. The van der Waals surface area contributed by atoms with Crippen molar-refractivity contribution < 1.29 is 14.3 Å². The quantitative estimate of drug-likeness (QED) is 0.863. The lowest BCUT2D eigenvalue weighted by Crippen LogP contribution is -2.31. The maximum Gasteiger partial charge on any atom is 0.224 e. The number of nitrogens with zero attached hydrogens (tertiary/aromatic N) is 1. The first-order valence-electron chi connectivity index (χ1n) is 6.33. The van der Waals surface area contributed by atoms with Gasteiger partial charge in [0.15, 0.2) is 11.5 Å². The van der Waals surface area contributed by atoms with Crippen molar-refractivity contribution in [2.75, 3.05) is 27.8 Å². The van der Waals surface area contributed by atoms with Gasteiger partial charge in [0, 0.05) is 38.2 Å². The SMILES string of the molecule is COc1cccc(CNC2CC(=O)N(C)C2)c1OC. The molecule has 1 amide bonds. The van der Waals surface area contributed by atoms with E-state index in [1.54, 1.807) is 19.1 Å². The summed E-state index contributed by atoms with van der Waals surface area (Å²) in [6.07, 6.45) is 0.558. The smallest absolute Gasteiger partial charge is 0.224 e. The predicted octanol–water partition coefficient (Wildman–Crippen LogP) is 1.02. The molecular weight excluding hydrogens is 244 g/mol. The number of methoxy groups -OCH3 is 2. The molecule has 0 aromatic heterocycles. The summed E-state index contributed by atoms with van der Waals surface area (Å²) in [6.45, 7) is 1.41. The molecule has 5 heteroatoms. The minimum Gasteiger partial charge on any atom is -0.493 e. The summed E-state index contributed by atoms with van der Waals surface area (Å²) in [7, 11) is 5.09. The first-order valence-corrected chi connectivity index (χ1v) is 6.33. The number of amides is 1.